The highest BCUT2D eigenvalue weighted by Gasteiger charge is 2.40. The Kier molecular flexibility index (Phi) is 7.18. The Hall–Kier alpha value is -4.11. The highest BCUT2D eigenvalue weighted by Crippen LogP contribution is 2.44. The van der Waals surface area contributed by atoms with E-state index in [0.717, 1.165) is 22.3 Å². The number of nitrogens with one attached hydrogen (secondary N) is 1. The van der Waals surface area contributed by atoms with Gasteiger partial charge in [-0.3, -0.25) is 9.59 Å². The summed E-state index contributed by atoms with van der Waals surface area (Å²) in [7, 11) is 0. The van der Waals surface area contributed by atoms with Crippen molar-refractivity contribution in [2.24, 2.45) is 0 Å². The number of ether oxygens (including phenoxy) is 1. The Morgan fingerprint density at radius 2 is 1.33 bits per heavy atom. The molecule has 9 heteroatoms. The van der Waals surface area contributed by atoms with Gasteiger partial charge < -0.3 is 14.9 Å². The Balaban J connectivity index is 1.27. The molecule has 8 nitrogen and oxygen atoms in total. The zero-order chi connectivity index (χ0) is 27.7. The van der Waals surface area contributed by atoms with Crippen LogP contribution in [0.3, 0.4) is 0 Å². The lowest BCUT2D eigenvalue weighted by atomic mass is 9.98. The average molecular weight is 545 g/mol. The number of amides is 3. The van der Waals surface area contributed by atoms with Gasteiger partial charge in [0.25, 0.3) is 11.8 Å². The number of carbonyl (C=O) groups is 4. The number of rotatable bonds is 7. The molecule has 0 spiro atoms. The predicted octanol–water partition coefficient (Wildman–Crippen LogP) is 5.18. The zero-order valence-electron chi connectivity index (χ0n) is 21.8. The third-order valence-corrected chi connectivity index (χ3v) is 7.91. The van der Waals surface area contributed by atoms with E-state index in [1.807, 2.05) is 69.3 Å². The van der Waals surface area contributed by atoms with Crippen LogP contribution in [-0.4, -0.2) is 52.1 Å². The topological polar surface area (TPSA) is 102 Å². The van der Waals surface area contributed by atoms with E-state index in [0.29, 0.717) is 5.06 Å². The number of hydrogen-bond acceptors (Lipinski definition) is 7. The number of fused-ring (bicyclic) bond motifs is 4. The van der Waals surface area contributed by atoms with Crippen LogP contribution < -0.4 is 5.32 Å². The van der Waals surface area contributed by atoms with Crippen molar-refractivity contribution in [2.45, 2.75) is 37.5 Å². The van der Waals surface area contributed by atoms with Gasteiger partial charge in [-0.25, -0.2) is 9.59 Å². The summed E-state index contributed by atoms with van der Waals surface area (Å²) in [6.07, 6.45) is -0.796. The van der Waals surface area contributed by atoms with E-state index in [-0.39, 0.29) is 34.2 Å². The molecule has 1 N–H and O–H groups in total. The van der Waals surface area contributed by atoms with Gasteiger partial charge in [0.15, 0.2) is 0 Å². The first-order valence-corrected chi connectivity index (χ1v) is 13.6. The molecule has 2 aliphatic rings. The van der Waals surface area contributed by atoms with Crippen molar-refractivity contribution in [1.29, 1.82) is 0 Å². The number of thioether (sulfide) groups is 1. The summed E-state index contributed by atoms with van der Waals surface area (Å²) < 4.78 is 5.38. The summed E-state index contributed by atoms with van der Waals surface area (Å²) in [5.74, 6) is -2.39. The molecule has 3 amide bonds. The molecule has 3 aromatic rings. The van der Waals surface area contributed by atoms with Crippen molar-refractivity contribution in [3.63, 3.8) is 0 Å². The van der Waals surface area contributed by atoms with Crippen LogP contribution in [0.1, 0.15) is 58.5 Å². The van der Waals surface area contributed by atoms with E-state index in [1.165, 1.54) is 23.9 Å². The van der Waals surface area contributed by atoms with Gasteiger partial charge in [0.05, 0.1) is 11.1 Å². The van der Waals surface area contributed by atoms with Crippen molar-refractivity contribution < 1.29 is 28.8 Å². The third kappa shape index (κ3) is 5.40. The fourth-order valence-corrected chi connectivity index (χ4v) is 5.57. The zero-order valence-corrected chi connectivity index (χ0v) is 22.6. The van der Waals surface area contributed by atoms with Crippen LogP contribution in [0, 0.1) is 0 Å². The molecule has 0 bridgehead atoms. The maximum absolute atomic E-state index is 13.1. The fraction of sp³-hybridized carbons (Fsp3) is 0.267. The molecule has 39 heavy (non-hydrogen) atoms. The van der Waals surface area contributed by atoms with Crippen molar-refractivity contribution in [2.75, 3.05) is 12.4 Å². The van der Waals surface area contributed by atoms with Gasteiger partial charge in [0.1, 0.15) is 12.6 Å². The lowest BCUT2D eigenvalue weighted by Gasteiger charge is -2.24. The first-order chi connectivity index (χ1) is 18.6. The lowest BCUT2D eigenvalue weighted by molar-refractivity contribution is -0.170. The average Bonchev–Trinajstić information content (AvgIpc) is 3.36. The number of benzene rings is 3. The largest absolute Gasteiger partial charge is 0.449 e. The van der Waals surface area contributed by atoms with Crippen LogP contribution in [0.15, 0.2) is 72.8 Å². The van der Waals surface area contributed by atoms with Gasteiger partial charge in [-0.2, -0.15) is 11.8 Å². The molecule has 0 saturated heterocycles. The normalized spacial score (nSPS) is 14.9. The second-order valence-corrected chi connectivity index (χ2v) is 12.2. The summed E-state index contributed by atoms with van der Waals surface area (Å²) in [6.45, 7) is 5.99. The Bertz CT molecular complexity index is 1380. The smallest absolute Gasteiger partial charge is 0.407 e. The quantitative estimate of drug-likeness (QED) is 0.409. The Morgan fingerprint density at radius 3 is 1.85 bits per heavy atom. The Morgan fingerprint density at radius 1 is 0.846 bits per heavy atom. The minimum Gasteiger partial charge on any atom is -0.449 e. The molecule has 5 rings (SSSR count). The standard InChI is InChI=1S/C30H28N2O6S/c1-30(2,3)39-17-25(28(35)38-32-26(33)22-14-8-9-15-23(22)27(32)34)31-29(36)37-16-24-20-12-6-4-10-18(20)19-11-5-7-13-21(19)24/h4-15,24-25H,16-17H2,1-3H3,(H,31,36)/t25-/m0/s1. The number of alkyl carbamates (subject to hydrolysis) is 1. The van der Waals surface area contributed by atoms with Gasteiger partial charge in [0, 0.05) is 16.4 Å². The minimum atomic E-state index is -1.16. The molecule has 1 aliphatic heterocycles. The molecule has 0 fully saturated rings. The van der Waals surface area contributed by atoms with Crippen LogP contribution in [-0.2, 0) is 14.4 Å². The van der Waals surface area contributed by atoms with Crippen molar-refractivity contribution in [3.8, 4) is 11.1 Å². The molecule has 0 unspecified atom stereocenters. The summed E-state index contributed by atoms with van der Waals surface area (Å²) in [4.78, 5) is 56.6. The highest BCUT2D eigenvalue weighted by molar-refractivity contribution is 8.00. The van der Waals surface area contributed by atoms with Crippen LogP contribution in [0.2, 0.25) is 0 Å². The SMILES string of the molecule is CC(C)(C)SC[C@H](NC(=O)OCC1c2ccccc2-c2ccccc21)C(=O)ON1C(=O)c2ccccc2C1=O. The highest BCUT2D eigenvalue weighted by atomic mass is 32.2. The van der Waals surface area contributed by atoms with Crippen molar-refractivity contribution in [1.82, 2.24) is 10.4 Å². The van der Waals surface area contributed by atoms with Gasteiger partial charge in [0.2, 0.25) is 0 Å². The van der Waals surface area contributed by atoms with E-state index < -0.39 is 29.9 Å². The maximum atomic E-state index is 13.1. The van der Waals surface area contributed by atoms with Gasteiger partial charge >= 0.3 is 12.1 Å². The molecule has 0 saturated carbocycles. The number of hydroxylamine groups is 2. The van der Waals surface area contributed by atoms with Crippen molar-refractivity contribution >= 4 is 35.6 Å². The van der Waals surface area contributed by atoms with Gasteiger partial charge in [-0.05, 0) is 34.4 Å². The van der Waals surface area contributed by atoms with Crippen molar-refractivity contribution in [3.05, 3.63) is 95.1 Å². The maximum Gasteiger partial charge on any atom is 0.407 e. The summed E-state index contributed by atoms with van der Waals surface area (Å²) in [5, 5.41) is 3.03. The van der Waals surface area contributed by atoms with E-state index in [1.54, 1.807) is 12.1 Å². The van der Waals surface area contributed by atoms with Crippen LogP contribution >= 0.6 is 11.8 Å². The molecular formula is C30H28N2O6S. The van der Waals surface area contributed by atoms with E-state index >= 15 is 0 Å². The van der Waals surface area contributed by atoms with Crippen LogP contribution in [0.4, 0.5) is 4.79 Å². The van der Waals surface area contributed by atoms with E-state index in [2.05, 4.69) is 5.32 Å². The molecule has 200 valence electrons. The molecular weight excluding hydrogens is 516 g/mol. The number of imide groups is 1. The first-order valence-electron chi connectivity index (χ1n) is 12.6. The summed E-state index contributed by atoms with van der Waals surface area (Å²) >= 11 is 1.42. The van der Waals surface area contributed by atoms with Crippen LogP contribution in [0.5, 0.6) is 0 Å². The molecule has 0 radical (unpaired) electrons. The summed E-state index contributed by atoms with van der Waals surface area (Å²) in [5.41, 5.74) is 4.64. The predicted molar refractivity (Wildman–Crippen MR) is 147 cm³/mol. The summed E-state index contributed by atoms with van der Waals surface area (Å²) in [6, 6.07) is 21.0. The number of carbonyl (C=O) groups excluding carboxylic acids is 4. The molecule has 3 aromatic carbocycles. The molecule has 1 heterocycles. The van der Waals surface area contributed by atoms with Gasteiger partial charge in [-0.15, -0.1) is 0 Å². The molecule has 1 aliphatic carbocycles. The van der Waals surface area contributed by atoms with Crippen LogP contribution in [0.25, 0.3) is 11.1 Å². The van der Waals surface area contributed by atoms with Gasteiger partial charge in [-0.1, -0.05) is 86.5 Å². The molecule has 1 atom stereocenters. The van der Waals surface area contributed by atoms with E-state index in [4.69, 9.17) is 9.57 Å². The molecule has 0 aromatic heterocycles. The second-order valence-electron chi connectivity index (χ2n) is 10.3. The monoisotopic (exact) mass is 544 g/mol. The minimum absolute atomic E-state index is 0.0758. The number of hydrogen-bond donors (Lipinski definition) is 1. The Labute approximate surface area is 230 Å². The lowest BCUT2D eigenvalue weighted by Crippen LogP contribution is -2.47. The van der Waals surface area contributed by atoms with E-state index in [9.17, 15) is 19.2 Å². The number of nitrogens with zero attached hydrogens (tertiary/aromatic N) is 1. The third-order valence-electron chi connectivity index (χ3n) is 6.54. The second kappa shape index (κ2) is 10.6. The first kappa shape index (κ1) is 26.5. The fourth-order valence-electron chi connectivity index (χ4n) is 4.69.